The van der Waals surface area contributed by atoms with Gasteiger partial charge >= 0.3 is 0 Å². The van der Waals surface area contributed by atoms with Crippen molar-refractivity contribution in [2.75, 3.05) is 13.1 Å². The smallest absolute Gasteiger partial charge is 0.230 e. The van der Waals surface area contributed by atoms with Crippen LogP contribution < -0.4 is 5.32 Å². The zero-order valence-corrected chi connectivity index (χ0v) is 18.1. The van der Waals surface area contributed by atoms with Gasteiger partial charge in [0.2, 0.25) is 11.8 Å². The Balaban J connectivity index is 1.30. The molecule has 1 spiro atoms. The molecule has 2 fully saturated rings. The van der Waals surface area contributed by atoms with Gasteiger partial charge in [-0.3, -0.25) is 9.59 Å². The van der Waals surface area contributed by atoms with Crippen molar-refractivity contribution in [1.82, 2.24) is 10.2 Å². The number of benzene rings is 2. The third-order valence-electron chi connectivity index (χ3n) is 6.72. The normalized spacial score (nSPS) is 30.6. The van der Waals surface area contributed by atoms with E-state index < -0.39 is 23.0 Å². The molecule has 3 aliphatic heterocycles. The van der Waals surface area contributed by atoms with E-state index in [-0.39, 0.29) is 11.8 Å². The van der Waals surface area contributed by atoms with Crippen LogP contribution in [0.1, 0.15) is 18.1 Å². The molecule has 2 bridgehead atoms. The van der Waals surface area contributed by atoms with Crippen LogP contribution in [0.15, 0.2) is 66.7 Å². The molecule has 0 unspecified atom stereocenters. The van der Waals surface area contributed by atoms with E-state index in [1.54, 1.807) is 0 Å². The molecule has 0 radical (unpaired) electrons. The Morgan fingerprint density at radius 2 is 1.87 bits per heavy atom. The Morgan fingerprint density at radius 3 is 2.61 bits per heavy atom. The van der Waals surface area contributed by atoms with Crippen LogP contribution in [-0.4, -0.2) is 41.0 Å². The number of nitrogens with one attached hydrogen (secondary N) is 1. The first-order valence-corrected chi connectivity index (χ1v) is 11.0. The quantitative estimate of drug-likeness (QED) is 0.706. The Hall–Kier alpha value is -2.63. The molecule has 2 aromatic carbocycles. The summed E-state index contributed by atoms with van der Waals surface area (Å²) in [6.07, 6.45) is 4.66. The van der Waals surface area contributed by atoms with E-state index in [2.05, 4.69) is 5.32 Å². The average Bonchev–Trinajstić information content (AvgIpc) is 3.32. The second kappa shape index (κ2) is 7.50. The van der Waals surface area contributed by atoms with Gasteiger partial charge < -0.3 is 15.0 Å². The maximum atomic E-state index is 13.4. The standard InChI is InChI=1S/C25H25ClN2O3/c1-24-12-13-25(31-24)16-28(15-18-5-3-2-4-6-18)23(30)21(25)20(24)22(29)27-14-11-17-7-9-19(26)10-8-17/h2-10,12-13,20-21H,11,14-16H2,1H3,(H,27,29)/t20-,21-,24-,25+/m1/s1. The Labute approximate surface area is 187 Å². The van der Waals surface area contributed by atoms with E-state index in [0.29, 0.717) is 31.1 Å². The van der Waals surface area contributed by atoms with Crippen molar-refractivity contribution in [3.8, 4) is 0 Å². The first kappa shape index (κ1) is 20.3. The molecular weight excluding hydrogens is 412 g/mol. The molecule has 5 rings (SSSR count). The number of ether oxygens (including phenoxy) is 1. The van der Waals surface area contributed by atoms with Crippen LogP contribution in [0.5, 0.6) is 0 Å². The number of carbonyl (C=O) groups excluding carboxylic acids is 2. The molecule has 2 saturated heterocycles. The topological polar surface area (TPSA) is 58.6 Å². The lowest BCUT2D eigenvalue weighted by atomic mass is 9.72. The second-order valence-electron chi connectivity index (χ2n) is 8.88. The minimum atomic E-state index is -0.747. The van der Waals surface area contributed by atoms with Crippen LogP contribution in [0.4, 0.5) is 0 Å². The first-order valence-electron chi connectivity index (χ1n) is 10.7. The predicted octanol–water partition coefficient (Wildman–Crippen LogP) is 3.37. The van der Waals surface area contributed by atoms with E-state index >= 15 is 0 Å². The second-order valence-corrected chi connectivity index (χ2v) is 9.31. The van der Waals surface area contributed by atoms with Crippen molar-refractivity contribution < 1.29 is 14.3 Å². The Bertz CT molecular complexity index is 1040. The summed E-state index contributed by atoms with van der Waals surface area (Å²) in [5.41, 5.74) is 0.714. The fourth-order valence-corrected chi connectivity index (χ4v) is 5.41. The lowest BCUT2D eigenvalue weighted by molar-refractivity contribution is -0.139. The van der Waals surface area contributed by atoms with Gasteiger partial charge in [0.05, 0.1) is 24.0 Å². The van der Waals surface area contributed by atoms with Crippen LogP contribution in [0, 0.1) is 11.8 Å². The number of halogens is 1. The summed E-state index contributed by atoms with van der Waals surface area (Å²) in [4.78, 5) is 28.4. The van der Waals surface area contributed by atoms with Gasteiger partial charge in [0.15, 0.2) is 0 Å². The average molecular weight is 437 g/mol. The van der Waals surface area contributed by atoms with E-state index in [9.17, 15) is 9.59 Å². The minimum absolute atomic E-state index is 0.00483. The maximum absolute atomic E-state index is 13.4. The van der Waals surface area contributed by atoms with E-state index in [1.807, 2.05) is 78.6 Å². The number of hydrogen-bond donors (Lipinski definition) is 1. The van der Waals surface area contributed by atoms with Crippen LogP contribution >= 0.6 is 11.6 Å². The van der Waals surface area contributed by atoms with Gasteiger partial charge in [-0.2, -0.15) is 0 Å². The van der Waals surface area contributed by atoms with Gasteiger partial charge in [0, 0.05) is 18.1 Å². The lowest BCUT2D eigenvalue weighted by Gasteiger charge is -2.29. The maximum Gasteiger partial charge on any atom is 0.230 e. The van der Waals surface area contributed by atoms with E-state index in [1.165, 1.54) is 0 Å². The van der Waals surface area contributed by atoms with Crippen molar-refractivity contribution >= 4 is 23.4 Å². The number of rotatable bonds is 6. The highest BCUT2D eigenvalue weighted by atomic mass is 35.5. The third kappa shape index (κ3) is 3.46. The van der Waals surface area contributed by atoms with E-state index in [0.717, 1.165) is 11.1 Å². The van der Waals surface area contributed by atoms with Gasteiger partial charge in [-0.15, -0.1) is 0 Å². The zero-order valence-electron chi connectivity index (χ0n) is 17.4. The van der Waals surface area contributed by atoms with Crippen molar-refractivity contribution in [3.63, 3.8) is 0 Å². The highest BCUT2D eigenvalue weighted by Gasteiger charge is 2.71. The Morgan fingerprint density at radius 1 is 1.13 bits per heavy atom. The van der Waals surface area contributed by atoms with Crippen LogP contribution in [-0.2, 0) is 27.3 Å². The molecule has 6 heteroatoms. The molecular formula is C25H25ClN2O3. The predicted molar refractivity (Wildman–Crippen MR) is 118 cm³/mol. The SMILES string of the molecule is C[C@@]12C=C[C@@]3(CN(Cc4ccccc4)C(=O)[C@H]3[C@@H]1C(=O)NCCc1ccc(Cl)cc1)O2. The van der Waals surface area contributed by atoms with Gasteiger partial charge in [-0.05, 0) is 36.6 Å². The molecule has 1 N–H and O–H groups in total. The molecule has 0 saturated carbocycles. The minimum Gasteiger partial charge on any atom is -0.357 e. The highest BCUT2D eigenvalue weighted by Crippen LogP contribution is 2.57. The molecule has 0 aliphatic carbocycles. The van der Waals surface area contributed by atoms with Gasteiger partial charge in [-0.1, -0.05) is 66.2 Å². The third-order valence-corrected chi connectivity index (χ3v) is 6.98. The lowest BCUT2D eigenvalue weighted by Crippen LogP contribution is -2.48. The molecule has 0 aromatic heterocycles. The molecule has 2 amide bonds. The first-order chi connectivity index (χ1) is 14.9. The van der Waals surface area contributed by atoms with Gasteiger partial charge in [0.25, 0.3) is 0 Å². The summed E-state index contributed by atoms with van der Waals surface area (Å²) in [6.45, 7) is 3.41. The molecule has 5 nitrogen and oxygen atoms in total. The summed E-state index contributed by atoms with van der Waals surface area (Å²) >= 11 is 5.94. The molecule has 4 atom stereocenters. The fourth-order valence-electron chi connectivity index (χ4n) is 5.28. The molecule has 3 heterocycles. The number of amides is 2. The van der Waals surface area contributed by atoms with Gasteiger partial charge in [-0.25, -0.2) is 0 Å². The van der Waals surface area contributed by atoms with Crippen molar-refractivity contribution in [1.29, 1.82) is 0 Å². The van der Waals surface area contributed by atoms with Crippen molar-refractivity contribution in [3.05, 3.63) is 82.9 Å². The monoisotopic (exact) mass is 436 g/mol. The van der Waals surface area contributed by atoms with Gasteiger partial charge in [0.1, 0.15) is 5.60 Å². The molecule has 3 aliphatic rings. The molecule has 31 heavy (non-hydrogen) atoms. The van der Waals surface area contributed by atoms with Crippen molar-refractivity contribution in [2.45, 2.75) is 31.1 Å². The molecule has 2 aromatic rings. The fraction of sp³-hybridized carbons (Fsp3) is 0.360. The van der Waals surface area contributed by atoms with Crippen molar-refractivity contribution in [2.24, 2.45) is 11.8 Å². The Kier molecular flexibility index (Phi) is 4.91. The summed E-state index contributed by atoms with van der Waals surface area (Å²) in [5.74, 6) is -1.14. The number of fused-ring (bicyclic) bond motifs is 1. The summed E-state index contributed by atoms with van der Waals surface area (Å²) in [5, 5.41) is 3.73. The van der Waals surface area contributed by atoms with Crippen LogP contribution in [0.25, 0.3) is 0 Å². The zero-order chi connectivity index (χ0) is 21.6. The number of nitrogens with zero attached hydrogens (tertiary/aromatic N) is 1. The number of hydrogen-bond acceptors (Lipinski definition) is 3. The van der Waals surface area contributed by atoms with E-state index in [4.69, 9.17) is 16.3 Å². The number of carbonyl (C=O) groups is 2. The highest BCUT2D eigenvalue weighted by molar-refractivity contribution is 6.30. The summed E-state index contributed by atoms with van der Waals surface area (Å²) in [7, 11) is 0. The summed E-state index contributed by atoms with van der Waals surface area (Å²) in [6, 6.07) is 17.5. The largest absolute Gasteiger partial charge is 0.357 e. The van der Waals surface area contributed by atoms with Crippen LogP contribution in [0.3, 0.4) is 0 Å². The molecule has 160 valence electrons. The number of likely N-dealkylation sites (tertiary alicyclic amines) is 1. The summed E-state index contributed by atoms with van der Waals surface area (Å²) < 4.78 is 6.37. The van der Waals surface area contributed by atoms with Crippen LogP contribution in [0.2, 0.25) is 5.02 Å².